The molecule has 0 bridgehead atoms. The second kappa shape index (κ2) is 5.63. The van der Waals surface area contributed by atoms with Gasteiger partial charge in [0.15, 0.2) is 0 Å². The van der Waals surface area contributed by atoms with E-state index in [2.05, 4.69) is 4.98 Å². The summed E-state index contributed by atoms with van der Waals surface area (Å²) in [5.41, 5.74) is 0.399. The van der Waals surface area contributed by atoms with Crippen LogP contribution in [0.5, 0.6) is 0 Å². The Bertz CT molecular complexity index is 590. The molecule has 2 aromatic heterocycles. The Hall–Kier alpha value is -1.52. The molecular formula is C13H12Cl2N2O2. The molecule has 19 heavy (non-hydrogen) atoms. The van der Waals surface area contributed by atoms with Gasteiger partial charge < -0.3 is 9.32 Å². The Balaban J connectivity index is 2.14. The smallest absolute Gasteiger partial charge is 0.254 e. The third-order valence-electron chi connectivity index (χ3n) is 2.55. The van der Waals surface area contributed by atoms with Gasteiger partial charge in [0.2, 0.25) is 0 Å². The summed E-state index contributed by atoms with van der Waals surface area (Å²) in [4.78, 5) is 17.5. The SMILES string of the molecule is Cc1ccc(CN(C)C(=O)c2cc(Cl)nc(Cl)c2)o1. The maximum Gasteiger partial charge on any atom is 0.254 e. The molecule has 0 unspecified atom stereocenters. The lowest BCUT2D eigenvalue weighted by atomic mass is 10.2. The Kier molecular flexibility index (Phi) is 4.12. The lowest BCUT2D eigenvalue weighted by Gasteiger charge is -2.15. The number of hydrogen-bond acceptors (Lipinski definition) is 3. The number of nitrogens with zero attached hydrogens (tertiary/aromatic N) is 2. The molecule has 2 heterocycles. The van der Waals surface area contributed by atoms with Crippen LogP contribution in [0.4, 0.5) is 0 Å². The Morgan fingerprint density at radius 1 is 1.32 bits per heavy atom. The second-order valence-corrected chi connectivity index (χ2v) is 4.95. The molecule has 0 aliphatic rings. The molecule has 2 aromatic rings. The van der Waals surface area contributed by atoms with E-state index in [4.69, 9.17) is 27.6 Å². The van der Waals surface area contributed by atoms with Crippen LogP contribution in [0.1, 0.15) is 21.9 Å². The molecule has 0 aliphatic heterocycles. The first-order chi connectivity index (χ1) is 8.95. The van der Waals surface area contributed by atoms with Crippen LogP contribution in [-0.2, 0) is 6.54 Å². The summed E-state index contributed by atoms with van der Waals surface area (Å²) in [7, 11) is 1.68. The van der Waals surface area contributed by atoms with E-state index in [0.717, 1.165) is 11.5 Å². The first-order valence-corrected chi connectivity index (χ1v) is 6.35. The summed E-state index contributed by atoms with van der Waals surface area (Å²) in [6, 6.07) is 6.67. The minimum absolute atomic E-state index is 0.193. The van der Waals surface area contributed by atoms with Gasteiger partial charge in [0.25, 0.3) is 5.91 Å². The van der Waals surface area contributed by atoms with E-state index < -0.39 is 0 Å². The van der Waals surface area contributed by atoms with Crippen LogP contribution >= 0.6 is 23.2 Å². The van der Waals surface area contributed by atoms with Gasteiger partial charge in [-0.2, -0.15) is 0 Å². The number of halogens is 2. The maximum absolute atomic E-state index is 12.2. The Morgan fingerprint density at radius 2 is 1.95 bits per heavy atom. The molecule has 6 heteroatoms. The summed E-state index contributed by atoms with van der Waals surface area (Å²) < 4.78 is 5.43. The lowest BCUT2D eigenvalue weighted by molar-refractivity contribution is 0.0775. The number of carbonyl (C=O) groups is 1. The molecule has 0 atom stereocenters. The van der Waals surface area contributed by atoms with Gasteiger partial charge in [0.1, 0.15) is 21.8 Å². The molecule has 1 amide bonds. The van der Waals surface area contributed by atoms with E-state index in [0.29, 0.717) is 12.1 Å². The van der Waals surface area contributed by atoms with Crippen molar-refractivity contribution in [3.8, 4) is 0 Å². The van der Waals surface area contributed by atoms with Gasteiger partial charge in [0.05, 0.1) is 6.54 Å². The van der Waals surface area contributed by atoms with Crippen molar-refractivity contribution in [3.05, 3.63) is 51.7 Å². The molecule has 4 nitrogen and oxygen atoms in total. The molecule has 0 saturated heterocycles. The highest BCUT2D eigenvalue weighted by molar-refractivity contribution is 6.33. The fourth-order valence-corrected chi connectivity index (χ4v) is 2.14. The number of carbonyl (C=O) groups excluding carboxylic acids is 1. The van der Waals surface area contributed by atoms with Gasteiger partial charge in [-0.1, -0.05) is 23.2 Å². The maximum atomic E-state index is 12.2. The average Bonchev–Trinajstić information content (AvgIpc) is 2.72. The van der Waals surface area contributed by atoms with Crippen molar-refractivity contribution in [3.63, 3.8) is 0 Å². The Labute approximate surface area is 120 Å². The highest BCUT2D eigenvalue weighted by atomic mass is 35.5. The number of aromatic nitrogens is 1. The molecule has 0 fully saturated rings. The first kappa shape index (κ1) is 13.9. The number of hydrogen-bond donors (Lipinski definition) is 0. The topological polar surface area (TPSA) is 46.3 Å². The second-order valence-electron chi connectivity index (χ2n) is 4.17. The third-order valence-corrected chi connectivity index (χ3v) is 2.93. The van der Waals surface area contributed by atoms with Crippen LogP contribution in [0, 0.1) is 6.92 Å². The summed E-state index contributed by atoms with van der Waals surface area (Å²) in [5, 5.41) is 0.385. The fraction of sp³-hybridized carbons (Fsp3) is 0.231. The zero-order chi connectivity index (χ0) is 14.0. The van der Waals surface area contributed by atoms with Crippen LogP contribution in [-0.4, -0.2) is 22.8 Å². The van der Waals surface area contributed by atoms with Gasteiger partial charge in [-0.05, 0) is 31.2 Å². The van der Waals surface area contributed by atoms with Crippen molar-refractivity contribution in [1.82, 2.24) is 9.88 Å². The monoisotopic (exact) mass is 298 g/mol. The molecule has 0 saturated carbocycles. The van der Waals surface area contributed by atoms with Gasteiger partial charge in [-0.15, -0.1) is 0 Å². The van der Waals surface area contributed by atoms with E-state index in [1.165, 1.54) is 17.0 Å². The third kappa shape index (κ3) is 3.49. The molecule has 0 aromatic carbocycles. The zero-order valence-corrected chi connectivity index (χ0v) is 12.0. The van der Waals surface area contributed by atoms with Crippen LogP contribution in [0.3, 0.4) is 0 Å². The summed E-state index contributed by atoms with van der Waals surface area (Å²) in [6.07, 6.45) is 0. The minimum Gasteiger partial charge on any atom is -0.464 e. The lowest BCUT2D eigenvalue weighted by Crippen LogP contribution is -2.26. The minimum atomic E-state index is -0.194. The molecular weight excluding hydrogens is 287 g/mol. The molecule has 2 rings (SSSR count). The zero-order valence-electron chi connectivity index (χ0n) is 10.5. The van der Waals surface area contributed by atoms with Crippen molar-refractivity contribution < 1.29 is 9.21 Å². The number of pyridine rings is 1. The summed E-state index contributed by atoms with van der Waals surface area (Å²) in [6.45, 7) is 2.23. The average molecular weight is 299 g/mol. The van der Waals surface area contributed by atoms with E-state index in [1.54, 1.807) is 7.05 Å². The molecule has 0 radical (unpaired) electrons. The fourth-order valence-electron chi connectivity index (χ4n) is 1.68. The molecule has 100 valence electrons. The van der Waals surface area contributed by atoms with Crippen LogP contribution in [0.25, 0.3) is 0 Å². The Morgan fingerprint density at radius 3 is 2.47 bits per heavy atom. The molecule has 0 aliphatic carbocycles. The predicted molar refractivity (Wildman–Crippen MR) is 73.5 cm³/mol. The normalized spacial score (nSPS) is 10.5. The number of furan rings is 1. The highest BCUT2D eigenvalue weighted by Gasteiger charge is 2.15. The van der Waals surface area contributed by atoms with Gasteiger partial charge >= 0.3 is 0 Å². The van der Waals surface area contributed by atoms with Gasteiger partial charge in [-0.25, -0.2) is 4.98 Å². The van der Waals surface area contributed by atoms with E-state index in [9.17, 15) is 4.79 Å². The predicted octanol–water partition coefficient (Wildman–Crippen LogP) is 3.56. The largest absolute Gasteiger partial charge is 0.464 e. The van der Waals surface area contributed by atoms with Crippen molar-refractivity contribution in [2.45, 2.75) is 13.5 Å². The van der Waals surface area contributed by atoms with Crippen molar-refractivity contribution in [2.24, 2.45) is 0 Å². The standard InChI is InChI=1S/C13H12Cl2N2O2/c1-8-3-4-10(19-8)7-17(2)13(18)9-5-11(14)16-12(15)6-9/h3-6H,7H2,1-2H3. The number of rotatable bonds is 3. The van der Waals surface area contributed by atoms with Crippen LogP contribution < -0.4 is 0 Å². The number of amides is 1. The summed E-state index contributed by atoms with van der Waals surface area (Å²) >= 11 is 11.6. The van der Waals surface area contributed by atoms with E-state index >= 15 is 0 Å². The molecule has 0 spiro atoms. The quantitative estimate of drug-likeness (QED) is 0.814. The number of aryl methyl sites for hydroxylation is 1. The van der Waals surface area contributed by atoms with Crippen molar-refractivity contribution in [2.75, 3.05) is 7.05 Å². The van der Waals surface area contributed by atoms with Crippen LogP contribution in [0.2, 0.25) is 10.3 Å². The van der Waals surface area contributed by atoms with E-state index in [-0.39, 0.29) is 16.2 Å². The summed E-state index contributed by atoms with van der Waals surface area (Å²) in [5.74, 6) is 1.34. The first-order valence-electron chi connectivity index (χ1n) is 5.59. The van der Waals surface area contributed by atoms with Crippen molar-refractivity contribution in [1.29, 1.82) is 0 Å². The molecule has 0 N–H and O–H groups in total. The van der Waals surface area contributed by atoms with E-state index in [1.807, 2.05) is 19.1 Å². The van der Waals surface area contributed by atoms with Crippen LogP contribution in [0.15, 0.2) is 28.7 Å². The highest BCUT2D eigenvalue weighted by Crippen LogP contribution is 2.17. The van der Waals surface area contributed by atoms with Gasteiger partial charge in [0, 0.05) is 12.6 Å². The van der Waals surface area contributed by atoms with Gasteiger partial charge in [-0.3, -0.25) is 4.79 Å². The van der Waals surface area contributed by atoms with Crippen molar-refractivity contribution >= 4 is 29.1 Å².